The van der Waals surface area contributed by atoms with E-state index in [4.69, 9.17) is 5.73 Å². The maximum atomic E-state index is 11.8. The number of alkyl halides is 3. The molecule has 2 N–H and O–H groups in total. The van der Waals surface area contributed by atoms with Crippen LogP contribution in [0.2, 0.25) is 0 Å². The zero-order valence-corrected chi connectivity index (χ0v) is 10.0. The van der Waals surface area contributed by atoms with Gasteiger partial charge in [0.2, 0.25) is 0 Å². The minimum atomic E-state index is -4.30. The molecule has 0 amide bonds. The summed E-state index contributed by atoms with van der Waals surface area (Å²) in [7, 11) is 0. The van der Waals surface area contributed by atoms with Crippen LogP contribution in [0.4, 0.5) is 13.2 Å². The number of hydrogen-bond acceptors (Lipinski definition) is 5. The first kappa shape index (κ1) is 14.3. The quantitative estimate of drug-likeness (QED) is 0.477. The number of aromatic nitrogens is 3. The molecule has 5 nitrogen and oxygen atoms in total. The number of thioether (sulfide) groups is 1. The van der Waals surface area contributed by atoms with Crippen molar-refractivity contribution in [3.63, 3.8) is 0 Å². The molecule has 0 aliphatic carbocycles. The fourth-order valence-electron chi connectivity index (χ4n) is 1.11. The Morgan fingerprint density at radius 2 is 2.12 bits per heavy atom. The summed E-state index contributed by atoms with van der Waals surface area (Å²) in [5.74, 6) is 0.552. The molecule has 0 aromatic carbocycles. The largest absolute Gasteiger partial charge is 0.411 e. The number of rotatable bonds is 6. The highest BCUT2D eigenvalue weighted by atomic mass is 32.2. The molecule has 0 bridgehead atoms. The first-order chi connectivity index (χ1) is 7.94. The number of halogens is 3. The number of nitrogens with zero attached hydrogens (tertiary/aromatic N) is 3. The predicted octanol–water partition coefficient (Wildman–Crippen LogP) is 1.17. The van der Waals surface area contributed by atoms with Crippen LogP contribution < -0.4 is 5.73 Å². The molecule has 1 aromatic rings. The van der Waals surface area contributed by atoms with Gasteiger partial charge in [-0.15, -0.1) is 10.2 Å². The summed E-state index contributed by atoms with van der Waals surface area (Å²) in [5, 5.41) is 8.16. The monoisotopic (exact) mass is 270 g/mol. The van der Waals surface area contributed by atoms with Gasteiger partial charge in [0.05, 0.1) is 0 Å². The lowest BCUT2D eigenvalue weighted by atomic mass is 10.6. The minimum absolute atomic E-state index is 0.123. The van der Waals surface area contributed by atoms with E-state index in [2.05, 4.69) is 14.9 Å². The molecule has 0 aliphatic rings. The van der Waals surface area contributed by atoms with Crippen molar-refractivity contribution in [3.8, 4) is 0 Å². The molecule has 0 aliphatic heterocycles. The van der Waals surface area contributed by atoms with Gasteiger partial charge >= 0.3 is 6.18 Å². The van der Waals surface area contributed by atoms with Crippen molar-refractivity contribution in [3.05, 3.63) is 5.82 Å². The maximum Gasteiger partial charge on any atom is 0.411 e. The van der Waals surface area contributed by atoms with Gasteiger partial charge < -0.3 is 15.0 Å². The van der Waals surface area contributed by atoms with Gasteiger partial charge in [0.15, 0.2) is 5.16 Å². The van der Waals surface area contributed by atoms with E-state index < -0.39 is 12.8 Å². The lowest BCUT2D eigenvalue weighted by molar-refractivity contribution is -0.168. The van der Waals surface area contributed by atoms with Gasteiger partial charge in [-0.2, -0.15) is 13.2 Å². The highest BCUT2D eigenvalue weighted by Gasteiger charge is 2.27. The average Bonchev–Trinajstić information content (AvgIpc) is 2.55. The number of nitrogens with two attached hydrogens (primary N) is 1. The van der Waals surface area contributed by atoms with Crippen LogP contribution in [0, 0.1) is 6.92 Å². The average molecular weight is 270 g/mol. The number of hydrogen-bond donors (Lipinski definition) is 1. The Kier molecular flexibility index (Phi) is 5.22. The van der Waals surface area contributed by atoms with E-state index >= 15 is 0 Å². The Balaban J connectivity index is 2.41. The highest BCUT2D eigenvalue weighted by Crippen LogP contribution is 2.19. The molecule has 1 heterocycles. The fourth-order valence-corrected chi connectivity index (χ4v) is 1.86. The summed E-state index contributed by atoms with van der Waals surface area (Å²) >= 11 is 1.06. The third kappa shape index (κ3) is 4.92. The predicted molar refractivity (Wildman–Crippen MR) is 56.5 cm³/mol. The number of aryl methyl sites for hydroxylation is 1. The Morgan fingerprint density at radius 3 is 2.71 bits per heavy atom. The molecule has 0 fully saturated rings. The number of ether oxygens (including phenoxy) is 1. The van der Waals surface area contributed by atoms with Crippen LogP contribution in [0.1, 0.15) is 5.82 Å². The molecule has 0 atom stereocenters. The Bertz CT molecular complexity index is 355. The van der Waals surface area contributed by atoms with Gasteiger partial charge in [0.1, 0.15) is 18.4 Å². The molecule has 0 spiro atoms. The van der Waals surface area contributed by atoms with Crippen molar-refractivity contribution in [1.29, 1.82) is 0 Å². The molecule has 0 radical (unpaired) electrons. The fraction of sp³-hybridized carbons (Fsp3) is 0.750. The Hall–Kier alpha value is -0.800. The summed E-state index contributed by atoms with van der Waals surface area (Å²) in [5.41, 5.74) is 5.40. The van der Waals surface area contributed by atoms with Gasteiger partial charge in [0.25, 0.3) is 0 Å². The van der Waals surface area contributed by atoms with E-state index in [0.29, 0.717) is 24.1 Å². The molecule has 0 unspecified atom stereocenters. The molecule has 98 valence electrons. The van der Waals surface area contributed by atoms with E-state index in [1.54, 1.807) is 11.5 Å². The summed E-state index contributed by atoms with van der Waals surface area (Å²) in [6, 6.07) is 0. The zero-order chi connectivity index (χ0) is 12.9. The van der Waals surface area contributed by atoms with Crippen LogP contribution in [0.25, 0.3) is 0 Å². The summed E-state index contributed by atoms with van der Waals surface area (Å²) in [6.45, 7) is 1.43. The van der Waals surface area contributed by atoms with Crippen molar-refractivity contribution < 1.29 is 17.9 Å². The molecule has 1 rings (SSSR count). The normalized spacial score (nSPS) is 12.1. The molecule has 9 heteroatoms. The standard InChI is InChI=1S/C8H13F3N4OS/c1-6-13-14-7(15(6)3-2-12)17-5-16-4-8(9,10)11/h2-5,12H2,1H3. The summed E-state index contributed by atoms with van der Waals surface area (Å²) in [4.78, 5) is 0. The van der Waals surface area contributed by atoms with Gasteiger partial charge in [-0.3, -0.25) is 0 Å². The van der Waals surface area contributed by atoms with Crippen molar-refractivity contribution in [2.45, 2.75) is 24.8 Å². The zero-order valence-electron chi connectivity index (χ0n) is 9.20. The maximum absolute atomic E-state index is 11.8. The third-order valence-electron chi connectivity index (χ3n) is 1.79. The van der Waals surface area contributed by atoms with Gasteiger partial charge in [-0.25, -0.2) is 0 Å². The SMILES string of the molecule is Cc1nnc(SCOCC(F)(F)F)n1CCN. The van der Waals surface area contributed by atoms with E-state index in [1.165, 1.54) is 0 Å². The molecular formula is C8H13F3N4OS. The Morgan fingerprint density at radius 1 is 1.41 bits per heavy atom. The van der Waals surface area contributed by atoms with Crippen LogP contribution in [0.15, 0.2) is 5.16 Å². The summed E-state index contributed by atoms with van der Waals surface area (Å²) in [6.07, 6.45) is -4.30. The molecule has 1 aromatic heterocycles. The molecule has 0 saturated heterocycles. The Labute approximate surface area is 101 Å². The van der Waals surface area contributed by atoms with Gasteiger partial charge in [0, 0.05) is 13.1 Å². The van der Waals surface area contributed by atoms with Crippen LogP contribution in [0.5, 0.6) is 0 Å². The van der Waals surface area contributed by atoms with E-state index in [-0.39, 0.29) is 5.94 Å². The van der Waals surface area contributed by atoms with Crippen molar-refractivity contribution in [2.75, 3.05) is 19.1 Å². The third-order valence-corrected chi connectivity index (χ3v) is 2.64. The second-order valence-corrected chi connectivity index (χ2v) is 4.09. The lowest BCUT2D eigenvalue weighted by Crippen LogP contribution is -2.17. The van der Waals surface area contributed by atoms with E-state index in [1.807, 2.05) is 0 Å². The van der Waals surface area contributed by atoms with Crippen molar-refractivity contribution in [1.82, 2.24) is 14.8 Å². The van der Waals surface area contributed by atoms with E-state index in [9.17, 15) is 13.2 Å². The first-order valence-corrected chi connectivity index (χ1v) is 5.80. The van der Waals surface area contributed by atoms with Crippen molar-refractivity contribution >= 4 is 11.8 Å². The molecule has 0 saturated carbocycles. The smallest absolute Gasteiger partial charge is 0.361 e. The van der Waals surface area contributed by atoms with Crippen molar-refractivity contribution in [2.24, 2.45) is 5.73 Å². The topological polar surface area (TPSA) is 66.0 Å². The second-order valence-electron chi connectivity index (χ2n) is 3.20. The van der Waals surface area contributed by atoms with Gasteiger partial charge in [-0.1, -0.05) is 11.8 Å². The first-order valence-electron chi connectivity index (χ1n) is 4.81. The van der Waals surface area contributed by atoms with Gasteiger partial charge in [-0.05, 0) is 6.92 Å². The second kappa shape index (κ2) is 6.22. The van der Waals surface area contributed by atoms with Crippen LogP contribution in [-0.4, -0.2) is 40.0 Å². The highest BCUT2D eigenvalue weighted by molar-refractivity contribution is 7.99. The van der Waals surface area contributed by atoms with Crippen LogP contribution >= 0.6 is 11.8 Å². The van der Waals surface area contributed by atoms with E-state index in [0.717, 1.165) is 11.8 Å². The molecule has 17 heavy (non-hydrogen) atoms. The summed E-state index contributed by atoms with van der Waals surface area (Å²) < 4.78 is 41.6. The van der Waals surface area contributed by atoms with Crippen LogP contribution in [0.3, 0.4) is 0 Å². The lowest BCUT2D eigenvalue weighted by Gasteiger charge is -2.08. The van der Waals surface area contributed by atoms with Crippen LogP contribution in [-0.2, 0) is 11.3 Å². The minimum Gasteiger partial charge on any atom is -0.361 e. The molecular weight excluding hydrogens is 257 g/mol.